The van der Waals surface area contributed by atoms with Crippen molar-refractivity contribution in [3.8, 4) is 0 Å². The first-order valence-electron chi connectivity index (χ1n) is 10.6. The van der Waals surface area contributed by atoms with Crippen LogP contribution in [0.4, 0.5) is 4.79 Å². The van der Waals surface area contributed by atoms with Crippen LogP contribution in [-0.4, -0.2) is 99.8 Å². The maximum absolute atomic E-state index is 13.2. The molecule has 4 rings (SSSR count). The van der Waals surface area contributed by atoms with Crippen LogP contribution in [0.1, 0.15) is 35.9 Å². The zero-order valence-corrected chi connectivity index (χ0v) is 18.2. The van der Waals surface area contributed by atoms with Crippen molar-refractivity contribution in [1.29, 1.82) is 0 Å². The number of hydrogen-bond donors (Lipinski definition) is 0. The van der Waals surface area contributed by atoms with Gasteiger partial charge in [-0.05, 0) is 26.7 Å². The maximum atomic E-state index is 13.2. The molecule has 1 aromatic rings. The van der Waals surface area contributed by atoms with Crippen LogP contribution in [0.3, 0.4) is 0 Å². The van der Waals surface area contributed by atoms with E-state index in [0.29, 0.717) is 38.4 Å². The average molecular weight is 415 g/mol. The van der Waals surface area contributed by atoms with Gasteiger partial charge in [0.25, 0.3) is 5.91 Å². The fourth-order valence-corrected chi connectivity index (χ4v) is 5.53. The van der Waals surface area contributed by atoms with Crippen molar-refractivity contribution >= 4 is 17.8 Å². The van der Waals surface area contributed by atoms with Crippen LogP contribution < -0.4 is 0 Å². The second-order valence-corrected chi connectivity index (χ2v) is 8.82. The number of carbonyl (C=O) groups is 3. The van der Waals surface area contributed by atoms with E-state index in [1.807, 2.05) is 23.6 Å². The summed E-state index contributed by atoms with van der Waals surface area (Å²) in [5, 5.41) is 0. The molecule has 3 aliphatic rings. The molecular weight excluding hydrogens is 384 g/mol. The summed E-state index contributed by atoms with van der Waals surface area (Å²) in [5.74, 6) is 0.0159. The Hall–Kier alpha value is -2.71. The number of fused-ring (bicyclic) bond motifs is 2. The molecular formula is C21H30N6O3. The summed E-state index contributed by atoms with van der Waals surface area (Å²) in [5.41, 5.74) is 0.845. The third-order valence-electron chi connectivity index (χ3n) is 7.02. The summed E-state index contributed by atoms with van der Waals surface area (Å²) in [4.78, 5) is 54.1. The molecule has 2 atom stereocenters. The van der Waals surface area contributed by atoms with Crippen LogP contribution in [0.5, 0.6) is 0 Å². The van der Waals surface area contributed by atoms with Crippen LogP contribution in [0, 0.1) is 18.8 Å². The highest BCUT2D eigenvalue weighted by Gasteiger charge is 2.62. The Kier molecular flexibility index (Phi) is 5.15. The van der Waals surface area contributed by atoms with Crippen molar-refractivity contribution in [3.05, 3.63) is 23.8 Å². The van der Waals surface area contributed by atoms with Crippen molar-refractivity contribution in [2.24, 2.45) is 11.8 Å². The van der Waals surface area contributed by atoms with Crippen LogP contribution in [0.25, 0.3) is 0 Å². The van der Waals surface area contributed by atoms with Crippen molar-refractivity contribution < 1.29 is 14.4 Å². The minimum Gasteiger partial charge on any atom is -0.337 e. The average Bonchev–Trinajstić information content (AvgIpc) is 3.27. The van der Waals surface area contributed by atoms with Gasteiger partial charge in [-0.2, -0.15) is 0 Å². The molecule has 4 heterocycles. The van der Waals surface area contributed by atoms with E-state index < -0.39 is 0 Å². The van der Waals surface area contributed by atoms with Crippen LogP contribution >= 0.6 is 0 Å². The van der Waals surface area contributed by atoms with Gasteiger partial charge in [0.1, 0.15) is 5.69 Å². The number of amides is 4. The molecule has 3 aliphatic heterocycles. The molecule has 0 unspecified atom stereocenters. The van der Waals surface area contributed by atoms with Gasteiger partial charge in [-0.3, -0.25) is 14.6 Å². The van der Waals surface area contributed by atoms with E-state index in [1.165, 1.54) is 6.20 Å². The van der Waals surface area contributed by atoms with Crippen molar-refractivity contribution in [1.82, 2.24) is 29.6 Å². The summed E-state index contributed by atoms with van der Waals surface area (Å²) in [6.07, 6.45) is 4.58. The van der Waals surface area contributed by atoms with Gasteiger partial charge in [-0.15, -0.1) is 0 Å². The van der Waals surface area contributed by atoms with Gasteiger partial charge < -0.3 is 19.6 Å². The lowest BCUT2D eigenvalue weighted by atomic mass is 9.75. The van der Waals surface area contributed by atoms with Crippen LogP contribution in [0.2, 0.25) is 0 Å². The molecule has 0 N–H and O–H groups in total. The van der Waals surface area contributed by atoms with Crippen molar-refractivity contribution in [2.45, 2.75) is 32.2 Å². The number of piperidine rings is 1. The predicted octanol–water partition coefficient (Wildman–Crippen LogP) is 0.852. The molecule has 0 saturated carbocycles. The number of carbonyl (C=O) groups excluding carboxylic acids is 3. The zero-order chi connectivity index (χ0) is 21.6. The molecule has 0 radical (unpaired) electrons. The molecule has 9 heteroatoms. The summed E-state index contributed by atoms with van der Waals surface area (Å²) in [6, 6.07) is -0.0408. The smallest absolute Gasteiger partial charge is 0.319 e. The monoisotopic (exact) mass is 414 g/mol. The Balaban J connectivity index is 1.52. The molecule has 0 bridgehead atoms. The Morgan fingerprint density at radius 2 is 1.83 bits per heavy atom. The lowest BCUT2D eigenvalue weighted by Gasteiger charge is -2.47. The number of rotatable bonds is 2. The fourth-order valence-electron chi connectivity index (χ4n) is 5.53. The molecule has 1 spiro atoms. The first kappa shape index (κ1) is 20.6. The normalized spacial score (nSPS) is 25.1. The summed E-state index contributed by atoms with van der Waals surface area (Å²) < 4.78 is 0. The molecule has 4 amide bonds. The lowest BCUT2D eigenvalue weighted by Crippen LogP contribution is -2.58. The molecule has 0 aromatic carbocycles. The number of aromatic nitrogens is 2. The number of aryl methyl sites for hydroxylation is 1. The highest BCUT2D eigenvalue weighted by Crippen LogP contribution is 2.49. The quantitative estimate of drug-likeness (QED) is 0.716. The summed E-state index contributed by atoms with van der Waals surface area (Å²) in [6.45, 7) is 6.74. The maximum Gasteiger partial charge on any atom is 0.319 e. The molecule has 0 aliphatic carbocycles. The van der Waals surface area contributed by atoms with E-state index in [1.54, 1.807) is 30.1 Å². The fraction of sp³-hybridized carbons (Fsp3) is 0.667. The van der Waals surface area contributed by atoms with Crippen LogP contribution in [-0.2, 0) is 4.79 Å². The predicted molar refractivity (Wildman–Crippen MR) is 110 cm³/mol. The van der Waals surface area contributed by atoms with E-state index in [4.69, 9.17) is 0 Å². The largest absolute Gasteiger partial charge is 0.337 e. The Morgan fingerprint density at radius 3 is 2.40 bits per heavy atom. The second kappa shape index (κ2) is 7.52. The van der Waals surface area contributed by atoms with E-state index >= 15 is 0 Å². The standard InChI is InChI=1S/C21H30N6O3/c1-5-27-18(28)15-12-26(20(30)24(3)4)13-16(15)21(27)6-8-25(9-7-21)19(29)17-11-22-14(2)10-23-17/h10-11,15-16H,5-9,12-13H2,1-4H3/t15-,16+/m0/s1. The molecule has 162 valence electrons. The third kappa shape index (κ3) is 3.11. The van der Waals surface area contributed by atoms with E-state index in [0.717, 1.165) is 18.5 Å². The third-order valence-corrected chi connectivity index (χ3v) is 7.02. The van der Waals surface area contributed by atoms with Gasteiger partial charge in [0.2, 0.25) is 5.91 Å². The molecule has 3 saturated heterocycles. The van der Waals surface area contributed by atoms with Crippen molar-refractivity contribution in [2.75, 3.05) is 46.8 Å². The summed E-state index contributed by atoms with van der Waals surface area (Å²) >= 11 is 0. The van der Waals surface area contributed by atoms with Gasteiger partial charge in [0.15, 0.2) is 0 Å². The topological polar surface area (TPSA) is 90.0 Å². The van der Waals surface area contributed by atoms with E-state index in [2.05, 4.69) is 9.97 Å². The van der Waals surface area contributed by atoms with Gasteiger partial charge in [-0.25, -0.2) is 9.78 Å². The first-order valence-corrected chi connectivity index (χ1v) is 10.6. The first-order chi connectivity index (χ1) is 14.3. The minimum absolute atomic E-state index is 0.0408. The molecule has 9 nitrogen and oxygen atoms in total. The number of hydrogen-bond acceptors (Lipinski definition) is 5. The highest BCUT2D eigenvalue weighted by molar-refractivity contribution is 5.92. The number of likely N-dealkylation sites (tertiary alicyclic amines) is 3. The minimum atomic E-state index is -0.284. The summed E-state index contributed by atoms with van der Waals surface area (Å²) in [7, 11) is 3.48. The van der Waals surface area contributed by atoms with Gasteiger partial charge in [0.05, 0.1) is 23.3 Å². The van der Waals surface area contributed by atoms with Crippen LogP contribution in [0.15, 0.2) is 12.4 Å². The van der Waals surface area contributed by atoms with Gasteiger partial charge in [-0.1, -0.05) is 0 Å². The highest BCUT2D eigenvalue weighted by atomic mass is 16.2. The number of nitrogens with zero attached hydrogens (tertiary/aromatic N) is 6. The lowest BCUT2D eigenvalue weighted by molar-refractivity contribution is -0.135. The Labute approximate surface area is 177 Å². The molecule has 3 fully saturated rings. The van der Waals surface area contributed by atoms with Gasteiger partial charge >= 0.3 is 6.03 Å². The Morgan fingerprint density at radius 1 is 1.13 bits per heavy atom. The Bertz CT molecular complexity index is 847. The molecule has 1 aromatic heterocycles. The van der Waals surface area contributed by atoms with Crippen molar-refractivity contribution in [3.63, 3.8) is 0 Å². The number of urea groups is 1. The van der Waals surface area contributed by atoms with E-state index in [-0.39, 0.29) is 35.2 Å². The zero-order valence-electron chi connectivity index (χ0n) is 18.2. The second-order valence-electron chi connectivity index (χ2n) is 8.82. The van der Waals surface area contributed by atoms with E-state index in [9.17, 15) is 14.4 Å². The van der Waals surface area contributed by atoms with Gasteiger partial charge in [0, 0.05) is 58.9 Å². The molecule has 30 heavy (non-hydrogen) atoms. The SMILES string of the molecule is CCN1C(=O)[C@H]2CN(C(=O)N(C)C)C[C@H]2C12CCN(C(=O)c1cnc(C)cn1)CC2.